The first-order valence-electron chi connectivity index (χ1n) is 7.71. The molecule has 1 aliphatic heterocycles. The minimum absolute atomic E-state index is 0.163. The first-order chi connectivity index (χ1) is 10.4. The van der Waals surface area contributed by atoms with Gasteiger partial charge in [0.1, 0.15) is 11.6 Å². The molecular formula is C17H26N2O3. The summed E-state index contributed by atoms with van der Waals surface area (Å²) in [4.78, 5) is 14.4. The standard InChI is InChI=1S/C17H26N2O3/c1-17(2,3)22-16(20)15(18)14-12-21-10-9-19(14)11-13-7-5-4-6-8-13/h4-8,14-15H,9-12,18H2,1-3H3. The lowest BCUT2D eigenvalue weighted by atomic mass is 10.0. The SMILES string of the molecule is CC(C)(C)OC(=O)C(N)C1COCCN1Cc1ccccc1. The van der Waals surface area contributed by atoms with Crippen molar-refractivity contribution in [3.05, 3.63) is 35.9 Å². The summed E-state index contributed by atoms with van der Waals surface area (Å²) < 4.78 is 10.9. The molecule has 0 aromatic heterocycles. The molecule has 1 fully saturated rings. The second kappa shape index (κ2) is 7.22. The molecule has 0 bridgehead atoms. The van der Waals surface area contributed by atoms with Crippen molar-refractivity contribution >= 4 is 5.97 Å². The Morgan fingerprint density at radius 1 is 1.41 bits per heavy atom. The molecule has 0 aliphatic carbocycles. The zero-order valence-corrected chi connectivity index (χ0v) is 13.6. The number of benzene rings is 1. The molecule has 1 aromatic rings. The summed E-state index contributed by atoms with van der Waals surface area (Å²) in [6, 6.07) is 9.30. The molecule has 0 spiro atoms. The number of nitrogens with zero attached hydrogens (tertiary/aromatic N) is 1. The first kappa shape index (κ1) is 16.9. The van der Waals surface area contributed by atoms with E-state index < -0.39 is 11.6 Å². The topological polar surface area (TPSA) is 64.8 Å². The maximum Gasteiger partial charge on any atom is 0.325 e. The Morgan fingerprint density at radius 3 is 2.73 bits per heavy atom. The van der Waals surface area contributed by atoms with E-state index in [9.17, 15) is 4.79 Å². The molecule has 5 heteroatoms. The third-order valence-corrected chi connectivity index (χ3v) is 3.60. The van der Waals surface area contributed by atoms with E-state index in [1.807, 2.05) is 39.0 Å². The average Bonchev–Trinajstić information content (AvgIpc) is 2.46. The Bertz CT molecular complexity index is 484. The van der Waals surface area contributed by atoms with Gasteiger partial charge in [-0.15, -0.1) is 0 Å². The van der Waals surface area contributed by atoms with Gasteiger partial charge in [-0.25, -0.2) is 0 Å². The molecule has 2 unspecified atom stereocenters. The Labute approximate surface area is 132 Å². The largest absolute Gasteiger partial charge is 0.459 e. The lowest BCUT2D eigenvalue weighted by Gasteiger charge is -2.38. The van der Waals surface area contributed by atoms with Gasteiger partial charge >= 0.3 is 5.97 Å². The average molecular weight is 306 g/mol. The highest BCUT2D eigenvalue weighted by Gasteiger charge is 2.35. The van der Waals surface area contributed by atoms with Gasteiger partial charge in [0.05, 0.1) is 19.3 Å². The van der Waals surface area contributed by atoms with Crippen LogP contribution >= 0.6 is 0 Å². The van der Waals surface area contributed by atoms with Crippen molar-refractivity contribution in [2.24, 2.45) is 5.73 Å². The molecule has 122 valence electrons. The Morgan fingerprint density at radius 2 is 2.09 bits per heavy atom. The summed E-state index contributed by atoms with van der Waals surface area (Å²) in [6.45, 7) is 8.16. The summed E-state index contributed by atoms with van der Waals surface area (Å²) >= 11 is 0. The third-order valence-electron chi connectivity index (χ3n) is 3.60. The van der Waals surface area contributed by atoms with E-state index in [2.05, 4.69) is 17.0 Å². The molecular weight excluding hydrogens is 280 g/mol. The van der Waals surface area contributed by atoms with Gasteiger partial charge in [-0.05, 0) is 26.3 Å². The Balaban J connectivity index is 2.04. The highest BCUT2D eigenvalue weighted by Crippen LogP contribution is 2.17. The van der Waals surface area contributed by atoms with Gasteiger partial charge in [-0.2, -0.15) is 0 Å². The number of hydrogen-bond acceptors (Lipinski definition) is 5. The van der Waals surface area contributed by atoms with Crippen molar-refractivity contribution in [3.8, 4) is 0 Å². The normalized spacial score (nSPS) is 21.4. The molecule has 2 rings (SSSR count). The molecule has 22 heavy (non-hydrogen) atoms. The molecule has 1 heterocycles. The molecule has 1 aromatic carbocycles. The van der Waals surface area contributed by atoms with E-state index in [0.29, 0.717) is 13.2 Å². The number of morpholine rings is 1. The first-order valence-corrected chi connectivity index (χ1v) is 7.71. The summed E-state index contributed by atoms with van der Waals surface area (Å²) in [5.41, 5.74) is 6.81. The van der Waals surface area contributed by atoms with Gasteiger partial charge in [0, 0.05) is 13.1 Å². The Kier molecular flexibility index (Phi) is 5.56. The van der Waals surface area contributed by atoms with Crippen LogP contribution in [0.3, 0.4) is 0 Å². The molecule has 2 N–H and O–H groups in total. The van der Waals surface area contributed by atoms with Crippen LogP contribution in [0.15, 0.2) is 30.3 Å². The minimum atomic E-state index is -0.705. The number of nitrogens with two attached hydrogens (primary N) is 1. The van der Waals surface area contributed by atoms with Crippen LogP contribution in [0.25, 0.3) is 0 Å². The van der Waals surface area contributed by atoms with Gasteiger partial charge in [-0.1, -0.05) is 30.3 Å². The van der Waals surface area contributed by atoms with Crippen molar-refractivity contribution in [1.29, 1.82) is 0 Å². The maximum absolute atomic E-state index is 12.2. The summed E-state index contributed by atoms with van der Waals surface area (Å²) in [6.07, 6.45) is 0. The van der Waals surface area contributed by atoms with Crippen LogP contribution in [-0.2, 0) is 20.8 Å². The van der Waals surface area contributed by atoms with E-state index in [1.54, 1.807) is 0 Å². The summed E-state index contributed by atoms with van der Waals surface area (Å²) in [7, 11) is 0. The second-order valence-electron chi connectivity index (χ2n) is 6.66. The molecule has 1 aliphatic rings. The molecule has 5 nitrogen and oxygen atoms in total. The third kappa shape index (κ3) is 4.80. The lowest BCUT2D eigenvalue weighted by Crippen LogP contribution is -2.58. The number of hydrogen-bond donors (Lipinski definition) is 1. The number of carbonyl (C=O) groups excluding carboxylic acids is 1. The maximum atomic E-state index is 12.2. The summed E-state index contributed by atoms with van der Waals surface area (Å²) in [5, 5.41) is 0. The smallest absolute Gasteiger partial charge is 0.325 e. The van der Waals surface area contributed by atoms with E-state index in [-0.39, 0.29) is 12.0 Å². The van der Waals surface area contributed by atoms with Gasteiger partial charge in [-0.3, -0.25) is 9.69 Å². The van der Waals surface area contributed by atoms with E-state index >= 15 is 0 Å². The minimum Gasteiger partial charge on any atom is -0.459 e. The van der Waals surface area contributed by atoms with E-state index in [0.717, 1.165) is 13.1 Å². The lowest BCUT2D eigenvalue weighted by molar-refractivity contribution is -0.160. The molecule has 0 radical (unpaired) electrons. The van der Waals surface area contributed by atoms with Crippen molar-refractivity contribution in [1.82, 2.24) is 4.90 Å². The van der Waals surface area contributed by atoms with Crippen LogP contribution in [0.5, 0.6) is 0 Å². The van der Waals surface area contributed by atoms with Gasteiger partial charge in [0.25, 0.3) is 0 Å². The molecule has 0 saturated carbocycles. The van der Waals surface area contributed by atoms with Crippen molar-refractivity contribution in [2.75, 3.05) is 19.8 Å². The van der Waals surface area contributed by atoms with Gasteiger partial charge < -0.3 is 15.2 Å². The molecule has 0 amide bonds. The van der Waals surface area contributed by atoms with Crippen LogP contribution < -0.4 is 5.73 Å². The van der Waals surface area contributed by atoms with Crippen molar-refractivity contribution in [3.63, 3.8) is 0 Å². The number of carbonyl (C=O) groups is 1. The highest BCUT2D eigenvalue weighted by atomic mass is 16.6. The van der Waals surface area contributed by atoms with Crippen LogP contribution in [0.4, 0.5) is 0 Å². The molecule has 2 atom stereocenters. The number of ether oxygens (including phenoxy) is 2. The van der Waals surface area contributed by atoms with Crippen LogP contribution in [-0.4, -0.2) is 48.3 Å². The zero-order valence-electron chi connectivity index (χ0n) is 13.6. The van der Waals surface area contributed by atoms with Crippen LogP contribution in [0, 0.1) is 0 Å². The van der Waals surface area contributed by atoms with Crippen molar-refractivity contribution < 1.29 is 14.3 Å². The Hall–Kier alpha value is -1.43. The van der Waals surface area contributed by atoms with E-state index in [4.69, 9.17) is 15.2 Å². The van der Waals surface area contributed by atoms with Gasteiger partial charge in [0.15, 0.2) is 0 Å². The number of esters is 1. The van der Waals surface area contributed by atoms with Crippen LogP contribution in [0.1, 0.15) is 26.3 Å². The fraction of sp³-hybridized carbons (Fsp3) is 0.588. The zero-order chi connectivity index (χ0) is 16.2. The monoisotopic (exact) mass is 306 g/mol. The van der Waals surface area contributed by atoms with Crippen LogP contribution in [0.2, 0.25) is 0 Å². The quantitative estimate of drug-likeness (QED) is 0.855. The highest BCUT2D eigenvalue weighted by molar-refractivity contribution is 5.77. The fourth-order valence-electron chi connectivity index (χ4n) is 2.53. The molecule has 1 saturated heterocycles. The van der Waals surface area contributed by atoms with Gasteiger partial charge in [0.2, 0.25) is 0 Å². The summed E-state index contributed by atoms with van der Waals surface area (Å²) in [5.74, 6) is -0.374. The second-order valence-corrected chi connectivity index (χ2v) is 6.66. The van der Waals surface area contributed by atoms with Crippen molar-refractivity contribution in [2.45, 2.75) is 45.0 Å². The fourth-order valence-corrected chi connectivity index (χ4v) is 2.53. The predicted molar refractivity (Wildman–Crippen MR) is 85.3 cm³/mol. The predicted octanol–water partition coefficient (Wildman–Crippen LogP) is 1.56. The van der Waals surface area contributed by atoms with E-state index in [1.165, 1.54) is 5.56 Å². The number of rotatable bonds is 4.